The Bertz CT molecular complexity index is 584. The number of carbonyl (C=O) groups is 1. The van der Waals surface area contributed by atoms with E-state index in [1.165, 1.54) is 4.88 Å². The SMILES string of the molecule is CCc1cc(C(=O)NC(CC)c2nc(C)c(C)s2)on1. The Morgan fingerprint density at radius 2 is 2.20 bits per heavy atom. The summed E-state index contributed by atoms with van der Waals surface area (Å²) in [5.74, 6) is 0.0138. The summed E-state index contributed by atoms with van der Waals surface area (Å²) in [6, 6.07) is 1.59. The third kappa shape index (κ3) is 3.07. The van der Waals surface area contributed by atoms with Gasteiger partial charge in [-0.25, -0.2) is 4.98 Å². The average molecular weight is 293 g/mol. The summed E-state index contributed by atoms with van der Waals surface area (Å²) in [6.45, 7) is 8.01. The fraction of sp³-hybridized carbons (Fsp3) is 0.500. The van der Waals surface area contributed by atoms with Gasteiger partial charge >= 0.3 is 0 Å². The number of aryl methyl sites for hydroxylation is 3. The number of carbonyl (C=O) groups excluding carboxylic acids is 1. The van der Waals surface area contributed by atoms with E-state index in [0.717, 1.165) is 29.2 Å². The summed E-state index contributed by atoms with van der Waals surface area (Å²) in [6.07, 6.45) is 1.53. The number of amides is 1. The summed E-state index contributed by atoms with van der Waals surface area (Å²) < 4.78 is 5.05. The minimum atomic E-state index is -0.241. The van der Waals surface area contributed by atoms with Crippen LogP contribution in [0, 0.1) is 13.8 Å². The van der Waals surface area contributed by atoms with Gasteiger partial charge in [-0.1, -0.05) is 19.0 Å². The summed E-state index contributed by atoms with van der Waals surface area (Å²) >= 11 is 1.62. The first kappa shape index (κ1) is 14.7. The monoisotopic (exact) mass is 293 g/mol. The van der Waals surface area contributed by atoms with E-state index in [0.29, 0.717) is 0 Å². The van der Waals surface area contributed by atoms with Crippen LogP contribution in [0.4, 0.5) is 0 Å². The van der Waals surface area contributed by atoms with Crippen molar-refractivity contribution in [1.82, 2.24) is 15.5 Å². The van der Waals surface area contributed by atoms with E-state index in [1.54, 1.807) is 17.4 Å². The molecule has 1 unspecified atom stereocenters. The zero-order valence-corrected chi connectivity index (χ0v) is 13.0. The maximum atomic E-state index is 12.1. The molecule has 0 saturated heterocycles. The molecule has 0 saturated carbocycles. The molecule has 20 heavy (non-hydrogen) atoms. The summed E-state index contributed by atoms with van der Waals surface area (Å²) in [4.78, 5) is 17.8. The molecule has 1 amide bonds. The van der Waals surface area contributed by atoms with Gasteiger partial charge in [0, 0.05) is 10.9 Å². The van der Waals surface area contributed by atoms with E-state index in [9.17, 15) is 4.79 Å². The van der Waals surface area contributed by atoms with Crippen LogP contribution in [-0.4, -0.2) is 16.0 Å². The maximum absolute atomic E-state index is 12.1. The quantitative estimate of drug-likeness (QED) is 0.919. The first-order chi connectivity index (χ1) is 9.55. The third-order valence-electron chi connectivity index (χ3n) is 3.20. The smallest absolute Gasteiger partial charge is 0.290 e. The Balaban J connectivity index is 2.11. The maximum Gasteiger partial charge on any atom is 0.290 e. The molecule has 0 aliphatic rings. The van der Waals surface area contributed by atoms with Gasteiger partial charge < -0.3 is 9.84 Å². The Labute approximate surface area is 122 Å². The first-order valence-electron chi connectivity index (χ1n) is 6.75. The van der Waals surface area contributed by atoms with E-state index in [-0.39, 0.29) is 17.7 Å². The number of hydrogen-bond acceptors (Lipinski definition) is 5. The summed E-state index contributed by atoms with van der Waals surface area (Å²) in [7, 11) is 0. The van der Waals surface area contributed by atoms with Crippen LogP contribution in [0.3, 0.4) is 0 Å². The van der Waals surface area contributed by atoms with Crippen molar-refractivity contribution < 1.29 is 9.32 Å². The summed E-state index contributed by atoms with van der Waals surface area (Å²) in [5.41, 5.74) is 1.80. The topological polar surface area (TPSA) is 68.0 Å². The van der Waals surface area contributed by atoms with Crippen molar-refractivity contribution in [3.63, 3.8) is 0 Å². The number of rotatable bonds is 5. The van der Waals surface area contributed by atoms with Crippen LogP contribution >= 0.6 is 11.3 Å². The molecular formula is C14H19N3O2S. The van der Waals surface area contributed by atoms with E-state index < -0.39 is 0 Å². The van der Waals surface area contributed by atoms with E-state index in [2.05, 4.69) is 15.5 Å². The minimum Gasteiger partial charge on any atom is -0.351 e. The van der Waals surface area contributed by atoms with Gasteiger partial charge in [-0.2, -0.15) is 0 Å². The van der Waals surface area contributed by atoms with Crippen molar-refractivity contribution in [2.75, 3.05) is 0 Å². The second-order valence-electron chi connectivity index (χ2n) is 4.66. The molecule has 0 fully saturated rings. The largest absolute Gasteiger partial charge is 0.351 e. The third-order valence-corrected chi connectivity index (χ3v) is 4.39. The van der Waals surface area contributed by atoms with E-state index in [1.807, 2.05) is 27.7 Å². The predicted octanol–water partition coefficient (Wildman–Crippen LogP) is 3.19. The van der Waals surface area contributed by atoms with Crippen molar-refractivity contribution >= 4 is 17.2 Å². The molecule has 1 N–H and O–H groups in total. The van der Waals surface area contributed by atoms with Gasteiger partial charge in [-0.05, 0) is 26.7 Å². The number of thiazole rings is 1. The lowest BCUT2D eigenvalue weighted by molar-refractivity contribution is 0.0898. The molecule has 0 aliphatic carbocycles. The lowest BCUT2D eigenvalue weighted by Gasteiger charge is -2.12. The highest BCUT2D eigenvalue weighted by Crippen LogP contribution is 2.25. The number of aromatic nitrogens is 2. The molecule has 2 aromatic heterocycles. The van der Waals surface area contributed by atoms with Crippen LogP contribution in [0.5, 0.6) is 0 Å². The summed E-state index contributed by atoms with van der Waals surface area (Å²) in [5, 5.41) is 7.72. The van der Waals surface area contributed by atoms with Crippen LogP contribution < -0.4 is 5.32 Å². The lowest BCUT2D eigenvalue weighted by Crippen LogP contribution is -2.27. The fourth-order valence-corrected chi connectivity index (χ4v) is 2.86. The average Bonchev–Trinajstić information content (AvgIpc) is 3.03. The van der Waals surface area contributed by atoms with Gasteiger partial charge in [0.15, 0.2) is 0 Å². The molecular weight excluding hydrogens is 274 g/mol. The fourth-order valence-electron chi connectivity index (χ4n) is 1.80. The standard InChI is InChI=1S/C14H19N3O2S/c1-5-10-7-12(19-17-10)13(18)16-11(6-2)14-15-8(3)9(4)20-14/h7,11H,5-6H2,1-4H3,(H,16,18). The Morgan fingerprint density at radius 3 is 2.70 bits per heavy atom. The molecule has 0 spiro atoms. The molecule has 5 nitrogen and oxygen atoms in total. The van der Waals surface area contributed by atoms with Gasteiger partial charge in [0.2, 0.25) is 5.76 Å². The van der Waals surface area contributed by atoms with Gasteiger partial charge in [0.25, 0.3) is 5.91 Å². The molecule has 2 heterocycles. The van der Waals surface area contributed by atoms with Crippen LogP contribution in [0.25, 0.3) is 0 Å². The van der Waals surface area contributed by atoms with Crippen molar-refractivity contribution in [2.45, 2.75) is 46.6 Å². The first-order valence-corrected chi connectivity index (χ1v) is 7.57. The van der Waals surface area contributed by atoms with Crippen LogP contribution in [0.1, 0.15) is 58.1 Å². The highest BCUT2D eigenvalue weighted by atomic mass is 32.1. The van der Waals surface area contributed by atoms with Crippen LogP contribution in [0.15, 0.2) is 10.6 Å². The van der Waals surface area contributed by atoms with E-state index in [4.69, 9.17) is 4.52 Å². The molecule has 0 aliphatic heterocycles. The molecule has 0 aromatic carbocycles. The van der Waals surface area contributed by atoms with Crippen molar-refractivity contribution in [3.05, 3.63) is 33.1 Å². The molecule has 0 bridgehead atoms. The number of nitrogens with one attached hydrogen (secondary N) is 1. The Kier molecular flexibility index (Phi) is 4.54. The van der Waals surface area contributed by atoms with Crippen LogP contribution in [-0.2, 0) is 6.42 Å². The molecule has 1 atom stereocenters. The highest BCUT2D eigenvalue weighted by molar-refractivity contribution is 7.11. The molecule has 6 heteroatoms. The number of hydrogen-bond donors (Lipinski definition) is 1. The van der Waals surface area contributed by atoms with Crippen LogP contribution in [0.2, 0.25) is 0 Å². The number of nitrogens with zero attached hydrogens (tertiary/aromatic N) is 2. The van der Waals surface area contributed by atoms with Crippen molar-refractivity contribution in [3.8, 4) is 0 Å². The predicted molar refractivity (Wildman–Crippen MR) is 78.0 cm³/mol. The zero-order chi connectivity index (χ0) is 14.7. The second-order valence-corrected chi connectivity index (χ2v) is 5.90. The normalized spacial score (nSPS) is 12.4. The molecule has 108 valence electrons. The molecule has 2 rings (SSSR count). The Hall–Kier alpha value is -1.69. The molecule has 2 aromatic rings. The van der Waals surface area contributed by atoms with Gasteiger partial charge in [0.05, 0.1) is 17.4 Å². The van der Waals surface area contributed by atoms with E-state index >= 15 is 0 Å². The minimum absolute atomic E-state index is 0.0879. The van der Waals surface area contributed by atoms with Crippen molar-refractivity contribution in [1.29, 1.82) is 0 Å². The van der Waals surface area contributed by atoms with Gasteiger partial charge in [0.1, 0.15) is 5.01 Å². The second kappa shape index (κ2) is 6.17. The van der Waals surface area contributed by atoms with Crippen molar-refractivity contribution in [2.24, 2.45) is 0 Å². The molecule has 0 radical (unpaired) electrons. The Morgan fingerprint density at radius 1 is 1.45 bits per heavy atom. The van der Waals surface area contributed by atoms with Gasteiger partial charge in [-0.3, -0.25) is 4.79 Å². The highest BCUT2D eigenvalue weighted by Gasteiger charge is 2.20. The zero-order valence-electron chi connectivity index (χ0n) is 12.2. The lowest BCUT2D eigenvalue weighted by atomic mass is 10.2. The van der Waals surface area contributed by atoms with Gasteiger partial charge in [-0.15, -0.1) is 11.3 Å².